The molecule has 0 aliphatic carbocycles. The van der Waals surface area contributed by atoms with Crippen molar-refractivity contribution in [1.29, 1.82) is 0 Å². The van der Waals surface area contributed by atoms with Crippen LogP contribution in [0.2, 0.25) is 0 Å². The smallest absolute Gasteiger partial charge is 0.243 e. The number of amides is 1. The summed E-state index contributed by atoms with van der Waals surface area (Å²) in [5, 5.41) is 17.1. The molecule has 3 N–H and O–H groups in total. The van der Waals surface area contributed by atoms with Gasteiger partial charge in [0.1, 0.15) is 5.65 Å². The second-order valence-electron chi connectivity index (χ2n) is 7.68. The summed E-state index contributed by atoms with van der Waals surface area (Å²) in [5.41, 5.74) is 4.67. The minimum atomic E-state index is -0.348. The van der Waals surface area contributed by atoms with Gasteiger partial charge in [0.15, 0.2) is 0 Å². The number of carbonyl (C=O) groups excluding carboxylic acids is 1. The van der Waals surface area contributed by atoms with E-state index in [0.29, 0.717) is 12.4 Å². The Bertz CT molecular complexity index is 1150. The van der Waals surface area contributed by atoms with Crippen molar-refractivity contribution in [3.05, 3.63) is 66.7 Å². The molecular formula is C23H27N7O2. The molecule has 0 bridgehead atoms. The van der Waals surface area contributed by atoms with Crippen LogP contribution in [-0.2, 0) is 24.3 Å². The van der Waals surface area contributed by atoms with E-state index in [0.717, 1.165) is 55.5 Å². The molecular weight excluding hydrogens is 406 g/mol. The molecule has 0 aliphatic heterocycles. The Morgan fingerprint density at radius 3 is 2.75 bits per heavy atom. The Labute approximate surface area is 186 Å². The molecule has 9 nitrogen and oxygen atoms in total. The normalized spacial score (nSPS) is 11.0. The molecule has 9 heteroatoms. The summed E-state index contributed by atoms with van der Waals surface area (Å²) in [6.45, 7) is 1.60. The Morgan fingerprint density at radius 2 is 1.91 bits per heavy atom. The fourth-order valence-corrected chi connectivity index (χ4v) is 3.58. The van der Waals surface area contributed by atoms with Gasteiger partial charge in [-0.25, -0.2) is 10.5 Å². The topological polar surface area (TPSA) is 110 Å². The van der Waals surface area contributed by atoms with Crippen molar-refractivity contribution in [1.82, 2.24) is 29.8 Å². The molecule has 0 saturated carbocycles. The molecule has 166 valence electrons. The van der Waals surface area contributed by atoms with E-state index in [1.807, 2.05) is 35.4 Å². The van der Waals surface area contributed by atoms with Crippen molar-refractivity contribution in [3.8, 4) is 0 Å². The summed E-state index contributed by atoms with van der Waals surface area (Å²) in [6, 6.07) is 12.5. The van der Waals surface area contributed by atoms with Crippen LogP contribution < -0.4 is 10.8 Å². The van der Waals surface area contributed by atoms with E-state index in [2.05, 4.69) is 44.2 Å². The van der Waals surface area contributed by atoms with Gasteiger partial charge < -0.3 is 9.88 Å². The van der Waals surface area contributed by atoms with Gasteiger partial charge in [-0.1, -0.05) is 36.8 Å². The van der Waals surface area contributed by atoms with Gasteiger partial charge >= 0.3 is 0 Å². The third kappa shape index (κ3) is 5.70. The maximum absolute atomic E-state index is 11.0. The van der Waals surface area contributed by atoms with Crippen LogP contribution >= 0.6 is 0 Å². The molecule has 3 heterocycles. The van der Waals surface area contributed by atoms with Gasteiger partial charge in [0, 0.05) is 43.5 Å². The van der Waals surface area contributed by atoms with E-state index in [1.165, 1.54) is 5.56 Å². The third-order valence-corrected chi connectivity index (χ3v) is 5.29. The van der Waals surface area contributed by atoms with Crippen molar-refractivity contribution in [2.75, 3.05) is 5.32 Å². The monoisotopic (exact) mass is 433 g/mol. The number of unbranched alkanes of at least 4 members (excludes halogenated alkanes) is 2. The first-order valence-electron chi connectivity index (χ1n) is 10.8. The first-order valence-corrected chi connectivity index (χ1v) is 10.8. The van der Waals surface area contributed by atoms with E-state index in [9.17, 15) is 4.79 Å². The van der Waals surface area contributed by atoms with E-state index in [1.54, 1.807) is 11.7 Å². The molecule has 0 fully saturated rings. The van der Waals surface area contributed by atoms with E-state index < -0.39 is 0 Å². The van der Waals surface area contributed by atoms with Crippen LogP contribution in [-0.4, -0.2) is 35.4 Å². The standard InChI is InChI=1S/C23H27N7O2/c31-21(28-32)9-5-2-6-12-30-17-20(16-25-30)26-23-24-15-19-11-14-29(22(19)27-23)13-10-18-7-3-1-4-8-18/h1,3-4,7-8,11,14-17,32H,2,5-6,9-10,12-13H2,(H,28,31)(H,24,26,27). The van der Waals surface area contributed by atoms with Gasteiger partial charge in [-0.2, -0.15) is 10.1 Å². The second-order valence-corrected chi connectivity index (χ2v) is 7.68. The lowest BCUT2D eigenvalue weighted by molar-refractivity contribution is -0.129. The van der Waals surface area contributed by atoms with E-state index in [4.69, 9.17) is 10.2 Å². The number of benzene rings is 1. The molecule has 1 amide bonds. The Hall–Kier alpha value is -3.72. The van der Waals surface area contributed by atoms with Crippen molar-refractivity contribution >= 4 is 28.6 Å². The molecule has 3 aromatic heterocycles. The maximum Gasteiger partial charge on any atom is 0.243 e. The van der Waals surface area contributed by atoms with Crippen LogP contribution in [0, 0.1) is 0 Å². The highest BCUT2D eigenvalue weighted by Crippen LogP contribution is 2.18. The zero-order valence-corrected chi connectivity index (χ0v) is 17.8. The Kier molecular flexibility index (Phi) is 7.08. The van der Waals surface area contributed by atoms with Gasteiger partial charge in [0.2, 0.25) is 11.9 Å². The maximum atomic E-state index is 11.0. The molecule has 0 radical (unpaired) electrons. The van der Waals surface area contributed by atoms with Crippen molar-refractivity contribution in [2.24, 2.45) is 0 Å². The van der Waals surface area contributed by atoms with Crippen molar-refractivity contribution in [3.63, 3.8) is 0 Å². The summed E-state index contributed by atoms with van der Waals surface area (Å²) in [6.07, 6.45) is 11.3. The summed E-state index contributed by atoms with van der Waals surface area (Å²) >= 11 is 0. The fraction of sp³-hybridized carbons (Fsp3) is 0.304. The minimum absolute atomic E-state index is 0.329. The van der Waals surface area contributed by atoms with Crippen LogP contribution in [0.5, 0.6) is 0 Å². The third-order valence-electron chi connectivity index (χ3n) is 5.29. The zero-order valence-electron chi connectivity index (χ0n) is 17.8. The molecule has 0 unspecified atom stereocenters. The largest absolute Gasteiger partial charge is 0.332 e. The zero-order chi connectivity index (χ0) is 22.2. The SMILES string of the molecule is O=C(CCCCCn1cc(Nc2ncc3ccn(CCc4ccccc4)c3n2)cn1)NO. The number of aromatic nitrogens is 5. The minimum Gasteiger partial charge on any atom is -0.332 e. The first kappa shape index (κ1) is 21.5. The number of nitrogens with zero attached hydrogens (tertiary/aromatic N) is 5. The number of rotatable bonds is 11. The average molecular weight is 434 g/mol. The highest BCUT2D eigenvalue weighted by atomic mass is 16.5. The number of aryl methyl sites for hydroxylation is 3. The quantitative estimate of drug-likeness (QED) is 0.189. The predicted molar refractivity (Wildman–Crippen MR) is 122 cm³/mol. The molecule has 0 atom stereocenters. The lowest BCUT2D eigenvalue weighted by atomic mass is 10.1. The lowest BCUT2D eigenvalue weighted by Crippen LogP contribution is -2.17. The van der Waals surface area contributed by atoms with Crippen molar-refractivity contribution < 1.29 is 10.0 Å². The molecule has 0 aliphatic rings. The van der Waals surface area contributed by atoms with Crippen LogP contribution in [0.15, 0.2) is 61.2 Å². The van der Waals surface area contributed by atoms with E-state index >= 15 is 0 Å². The van der Waals surface area contributed by atoms with Crippen LogP contribution in [0.25, 0.3) is 11.0 Å². The molecule has 32 heavy (non-hydrogen) atoms. The predicted octanol–water partition coefficient (Wildman–Crippen LogP) is 3.68. The Morgan fingerprint density at radius 1 is 1.03 bits per heavy atom. The molecule has 4 rings (SSSR count). The van der Waals surface area contributed by atoms with Crippen LogP contribution in [0.3, 0.4) is 0 Å². The Balaban J connectivity index is 1.33. The van der Waals surface area contributed by atoms with Gasteiger partial charge in [-0.05, 0) is 30.9 Å². The van der Waals surface area contributed by atoms with Crippen LogP contribution in [0.1, 0.15) is 31.2 Å². The summed E-state index contributed by atoms with van der Waals surface area (Å²) in [5.74, 6) is 0.186. The molecule has 1 aromatic carbocycles. The number of hydrogen-bond acceptors (Lipinski definition) is 6. The first-order chi connectivity index (χ1) is 15.7. The molecule has 0 saturated heterocycles. The van der Waals surface area contributed by atoms with Gasteiger partial charge in [0.05, 0.1) is 11.9 Å². The van der Waals surface area contributed by atoms with Gasteiger partial charge in [-0.15, -0.1) is 0 Å². The number of hydroxylamine groups is 1. The van der Waals surface area contributed by atoms with E-state index in [-0.39, 0.29) is 5.91 Å². The number of carbonyl (C=O) groups is 1. The fourth-order valence-electron chi connectivity index (χ4n) is 3.58. The number of fused-ring (bicyclic) bond motifs is 1. The van der Waals surface area contributed by atoms with Crippen molar-refractivity contribution in [2.45, 2.75) is 45.2 Å². The van der Waals surface area contributed by atoms with Gasteiger partial charge in [-0.3, -0.25) is 14.7 Å². The average Bonchev–Trinajstić information content (AvgIpc) is 3.44. The number of hydrogen-bond donors (Lipinski definition) is 3. The number of anilines is 2. The van der Waals surface area contributed by atoms with Gasteiger partial charge in [0.25, 0.3) is 0 Å². The summed E-state index contributed by atoms with van der Waals surface area (Å²) < 4.78 is 4.01. The highest BCUT2D eigenvalue weighted by Gasteiger charge is 2.07. The van der Waals surface area contributed by atoms with Crippen LogP contribution in [0.4, 0.5) is 11.6 Å². The molecule has 0 spiro atoms. The summed E-state index contributed by atoms with van der Waals surface area (Å²) in [4.78, 5) is 20.1. The lowest BCUT2D eigenvalue weighted by Gasteiger charge is -2.07. The number of nitrogens with one attached hydrogen (secondary N) is 2. The second kappa shape index (κ2) is 10.5. The summed E-state index contributed by atoms with van der Waals surface area (Å²) in [7, 11) is 0. The highest BCUT2D eigenvalue weighted by molar-refractivity contribution is 5.76. The molecule has 4 aromatic rings.